The summed E-state index contributed by atoms with van der Waals surface area (Å²) in [7, 11) is 0. The van der Waals surface area contributed by atoms with Crippen LogP contribution >= 0.6 is 0 Å². The average molecular weight is 427 g/mol. The summed E-state index contributed by atoms with van der Waals surface area (Å²) in [5, 5.41) is 9.20. The lowest BCUT2D eigenvalue weighted by Gasteiger charge is -2.44. The Morgan fingerprint density at radius 1 is 1.07 bits per heavy atom. The molecule has 1 amide bonds. The van der Waals surface area contributed by atoms with E-state index in [1.54, 1.807) is 17.0 Å². The first-order valence-corrected chi connectivity index (χ1v) is 10.5. The summed E-state index contributed by atoms with van der Waals surface area (Å²) >= 11 is 0. The summed E-state index contributed by atoms with van der Waals surface area (Å²) in [6.45, 7) is 4.03. The third-order valence-electron chi connectivity index (χ3n) is 6.80. The van der Waals surface area contributed by atoms with E-state index >= 15 is 0 Å². The summed E-state index contributed by atoms with van der Waals surface area (Å²) in [5.41, 5.74) is 0.185. The van der Waals surface area contributed by atoms with E-state index in [9.17, 15) is 23.1 Å². The molecule has 3 aliphatic rings. The molecule has 1 spiro atoms. The van der Waals surface area contributed by atoms with Gasteiger partial charge in [-0.3, -0.25) is 4.90 Å². The number of piperidine rings is 1. The van der Waals surface area contributed by atoms with Crippen molar-refractivity contribution in [1.29, 1.82) is 0 Å². The Bertz CT molecular complexity index is 772. The quantitative estimate of drug-likeness (QED) is 0.798. The molecule has 166 valence electrons. The van der Waals surface area contributed by atoms with E-state index in [-0.39, 0.29) is 11.2 Å². The first-order chi connectivity index (χ1) is 14.3. The van der Waals surface area contributed by atoms with Crippen molar-refractivity contribution >= 4 is 11.8 Å². The zero-order chi connectivity index (χ0) is 21.4. The number of amides is 1. The molecule has 0 aromatic heterocycles. The van der Waals surface area contributed by atoms with Crippen LogP contribution in [0.15, 0.2) is 18.2 Å². The SMILES string of the molecule is O=C(O)N1CCC2(CCCN2Cc2ccc(N3CCOCC3)c(C(F)(F)F)c2)CC1. The van der Waals surface area contributed by atoms with Crippen molar-refractivity contribution in [2.24, 2.45) is 0 Å². The highest BCUT2D eigenvalue weighted by molar-refractivity contribution is 5.65. The number of rotatable bonds is 3. The minimum atomic E-state index is -4.42. The number of alkyl halides is 3. The number of anilines is 1. The molecule has 3 heterocycles. The number of benzene rings is 1. The maximum absolute atomic E-state index is 13.8. The molecule has 3 saturated heterocycles. The molecule has 0 unspecified atom stereocenters. The van der Waals surface area contributed by atoms with Gasteiger partial charge in [0.05, 0.1) is 18.8 Å². The van der Waals surface area contributed by atoms with Crippen molar-refractivity contribution in [1.82, 2.24) is 9.80 Å². The molecule has 0 bridgehead atoms. The number of halogens is 3. The van der Waals surface area contributed by atoms with Gasteiger partial charge in [-0.1, -0.05) is 6.07 Å². The summed E-state index contributed by atoms with van der Waals surface area (Å²) in [4.78, 5) is 16.7. The van der Waals surface area contributed by atoms with Gasteiger partial charge >= 0.3 is 12.3 Å². The van der Waals surface area contributed by atoms with Crippen LogP contribution in [0, 0.1) is 0 Å². The van der Waals surface area contributed by atoms with E-state index < -0.39 is 17.8 Å². The van der Waals surface area contributed by atoms with Crippen molar-refractivity contribution in [3.05, 3.63) is 29.3 Å². The Balaban J connectivity index is 1.53. The Kier molecular flexibility index (Phi) is 5.85. The summed E-state index contributed by atoms with van der Waals surface area (Å²) < 4.78 is 46.8. The number of carboxylic acid groups (broad SMARTS) is 1. The molecule has 1 aromatic rings. The molecule has 0 aliphatic carbocycles. The topological polar surface area (TPSA) is 56.2 Å². The van der Waals surface area contributed by atoms with Gasteiger partial charge in [0.2, 0.25) is 0 Å². The van der Waals surface area contributed by atoms with Gasteiger partial charge < -0.3 is 19.6 Å². The van der Waals surface area contributed by atoms with Crippen molar-refractivity contribution in [2.45, 2.75) is 43.9 Å². The highest BCUT2D eigenvalue weighted by Gasteiger charge is 2.44. The summed E-state index contributed by atoms with van der Waals surface area (Å²) in [5.74, 6) is 0. The van der Waals surface area contributed by atoms with Crippen LogP contribution in [0.25, 0.3) is 0 Å². The number of hydrogen-bond acceptors (Lipinski definition) is 4. The molecule has 6 nitrogen and oxygen atoms in total. The lowest BCUT2D eigenvalue weighted by atomic mass is 9.85. The normalized spacial score (nSPS) is 22.6. The van der Waals surface area contributed by atoms with Crippen LogP contribution in [-0.4, -0.2) is 72.5 Å². The van der Waals surface area contributed by atoms with E-state index in [1.807, 2.05) is 0 Å². The second-order valence-electron chi connectivity index (χ2n) is 8.47. The van der Waals surface area contributed by atoms with Gasteiger partial charge in [0.15, 0.2) is 0 Å². The largest absolute Gasteiger partial charge is 0.465 e. The second kappa shape index (κ2) is 8.26. The third-order valence-corrected chi connectivity index (χ3v) is 6.80. The van der Waals surface area contributed by atoms with Crippen molar-refractivity contribution in [3.8, 4) is 0 Å². The number of morpholine rings is 1. The maximum atomic E-state index is 13.8. The number of hydrogen-bond donors (Lipinski definition) is 1. The zero-order valence-electron chi connectivity index (χ0n) is 17.0. The fraction of sp³-hybridized carbons (Fsp3) is 0.667. The molecule has 0 saturated carbocycles. The molecule has 0 radical (unpaired) electrons. The molecule has 0 atom stereocenters. The Labute approximate surface area is 174 Å². The minimum absolute atomic E-state index is 0.104. The number of likely N-dealkylation sites (tertiary alicyclic amines) is 2. The predicted octanol–water partition coefficient (Wildman–Crippen LogP) is 3.65. The van der Waals surface area contributed by atoms with Crippen molar-refractivity contribution in [3.63, 3.8) is 0 Å². The molecular formula is C21H28F3N3O3. The number of nitrogens with zero attached hydrogens (tertiary/aromatic N) is 3. The second-order valence-corrected chi connectivity index (χ2v) is 8.47. The van der Waals surface area contributed by atoms with Gasteiger partial charge in [-0.05, 0) is 49.9 Å². The van der Waals surface area contributed by atoms with E-state index in [0.717, 1.165) is 32.2 Å². The van der Waals surface area contributed by atoms with Crippen LogP contribution in [0.4, 0.5) is 23.7 Å². The lowest BCUT2D eigenvalue weighted by Crippen LogP contribution is -2.52. The van der Waals surface area contributed by atoms with Crippen LogP contribution < -0.4 is 4.90 Å². The molecule has 9 heteroatoms. The molecule has 3 fully saturated rings. The van der Waals surface area contributed by atoms with E-state index in [2.05, 4.69) is 4.90 Å². The Morgan fingerprint density at radius 3 is 2.40 bits per heavy atom. The van der Waals surface area contributed by atoms with Crippen LogP contribution in [-0.2, 0) is 17.5 Å². The van der Waals surface area contributed by atoms with Gasteiger partial charge in [-0.2, -0.15) is 13.2 Å². The first-order valence-electron chi connectivity index (χ1n) is 10.5. The third kappa shape index (κ3) is 4.23. The maximum Gasteiger partial charge on any atom is 0.418 e. The van der Waals surface area contributed by atoms with Gasteiger partial charge in [0.1, 0.15) is 0 Å². The molecular weight excluding hydrogens is 399 g/mol. The van der Waals surface area contributed by atoms with E-state index in [0.29, 0.717) is 51.5 Å². The fourth-order valence-electron chi connectivity index (χ4n) is 5.13. The average Bonchev–Trinajstić information content (AvgIpc) is 3.10. The van der Waals surface area contributed by atoms with Crippen molar-refractivity contribution in [2.75, 3.05) is 50.8 Å². The number of carbonyl (C=O) groups is 1. The van der Waals surface area contributed by atoms with Gasteiger partial charge in [-0.25, -0.2) is 4.79 Å². The highest BCUT2D eigenvalue weighted by Crippen LogP contribution is 2.41. The fourth-order valence-corrected chi connectivity index (χ4v) is 5.13. The van der Waals surface area contributed by atoms with Crippen LogP contribution in [0.3, 0.4) is 0 Å². The highest BCUT2D eigenvalue weighted by atomic mass is 19.4. The monoisotopic (exact) mass is 427 g/mol. The molecule has 30 heavy (non-hydrogen) atoms. The van der Waals surface area contributed by atoms with E-state index in [1.165, 1.54) is 11.0 Å². The molecule has 1 aromatic carbocycles. The Hall–Kier alpha value is -2.00. The van der Waals surface area contributed by atoms with Crippen LogP contribution in [0.2, 0.25) is 0 Å². The summed E-state index contributed by atoms with van der Waals surface area (Å²) in [6, 6.07) is 4.70. The zero-order valence-corrected chi connectivity index (χ0v) is 17.0. The van der Waals surface area contributed by atoms with E-state index in [4.69, 9.17) is 4.74 Å². The van der Waals surface area contributed by atoms with Gasteiger partial charge in [-0.15, -0.1) is 0 Å². The van der Waals surface area contributed by atoms with Gasteiger partial charge in [0, 0.05) is 44.0 Å². The van der Waals surface area contributed by atoms with Crippen molar-refractivity contribution < 1.29 is 27.8 Å². The smallest absolute Gasteiger partial charge is 0.418 e. The Morgan fingerprint density at radius 2 is 1.77 bits per heavy atom. The van der Waals surface area contributed by atoms with Crippen LogP contribution in [0.1, 0.15) is 36.8 Å². The van der Waals surface area contributed by atoms with Gasteiger partial charge in [0.25, 0.3) is 0 Å². The summed E-state index contributed by atoms with van der Waals surface area (Å²) in [6.07, 6.45) is -1.89. The standard InChI is InChI=1S/C21H28F3N3O3/c22-21(23,24)17-14-16(2-3-18(17)25-10-12-30-13-11-25)15-27-7-1-4-20(27)5-8-26(9-6-20)19(28)29/h2-3,14H,1,4-13,15H2,(H,28,29). The lowest BCUT2D eigenvalue weighted by molar-refractivity contribution is -0.137. The predicted molar refractivity (Wildman–Crippen MR) is 106 cm³/mol. The molecule has 4 rings (SSSR count). The number of ether oxygens (including phenoxy) is 1. The molecule has 3 aliphatic heterocycles. The first kappa shape index (κ1) is 21.2. The minimum Gasteiger partial charge on any atom is -0.465 e. The van der Waals surface area contributed by atoms with Crippen LogP contribution in [0.5, 0.6) is 0 Å². The molecule has 1 N–H and O–H groups in total.